The minimum Gasteiger partial charge on any atom is -0.369 e. The van der Waals surface area contributed by atoms with Crippen LogP contribution in [0.3, 0.4) is 0 Å². The zero-order chi connectivity index (χ0) is 19.3. The maximum atomic E-state index is 14.3. The van der Waals surface area contributed by atoms with Crippen LogP contribution in [0.4, 0.5) is 4.39 Å². The molecule has 3 heterocycles. The van der Waals surface area contributed by atoms with E-state index in [0.717, 1.165) is 28.8 Å². The molecule has 1 unspecified atom stereocenters. The number of ether oxygens (including phenoxy) is 1. The number of halogens is 1. The van der Waals surface area contributed by atoms with Gasteiger partial charge in [-0.1, -0.05) is 30.3 Å². The van der Waals surface area contributed by atoms with Gasteiger partial charge in [0.1, 0.15) is 11.4 Å². The predicted octanol–water partition coefficient (Wildman–Crippen LogP) is 3.04. The smallest absolute Gasteiger partial charge is 0.225 e. The number of hydrogen-bond acceptors (Lipinski definition) is 3. The van der Waals surface area contributed by atoms with E-state index in [4.69, 9.17) is 10.5 Å². The fourth-order valence-electron chi connectivity index (χ4n) is 4.87. The maximum Gasteiger partial charge on any atom is 0.225 e. The Morgan fingerprint density at radius 2 is 2.14 bits per heavy atom. The van der Waals surface area contributed by atoms with Crippen molar-refractivity contribution in [1.82, 2.24) is 9.88 Å². The summed E-state index contributed by atoms with van der Waals surface area (Å²) in [4.78, 5) is 17.7. The lowest BCUT2D eigenvalue weighted by Gasteiger charge is -2.44. The zero-order valence-electron chi connectivity index (χ0n) is 15.5. The Bertz CT molecular complexity index is 1060. The molecule has 3 aromatic rings. The van der Waals surface area contributed by atoms with Gasteiger partial charge in [-0.15, -0.1) is 0 Å². The van der Waals surface area contributed by atoms with E-state index in [1.54, 1.807) is 6.07 Å². The van der Waals surface area contributed by atoms with E-state index < -0.39 is 11.5 Å². The Hall–Kier alpha value is -2.70. The number of H-pyrrole nitrogens is 1. The van der Waals surface area contributed by atoms with Crippen molar-refractivity contribution in [3.8, 4) is 0 Å². The van der Waals surface area contributed by atoms with Crippen molar-refractivity contribution >= 4 is 16.8 Å². The standard InChI is InChI=1S/C22H22FN3O2/c23-18-6-3-7-19-20(18)15(10-25-19)11-26-9-8-22(17(12-26)21(24)27)16-5-2-1-4-14(16)13-28-22/h1-7,10,17,25H,8-9,11-13H2,(H2,24,27)/t17-,22?/m0/s1. The number of carbonyl (C=O) groups excluding carboxylic acids is 1. The van der Waals surface area contributed by atoms with Gasteiger partial charge in [0.15, 0.2) is 0 Å². The normalized spacial score (nSPS) is 24.7. The number of nitrogens with one attached hydrogen (secondary N) is 1. The zero-order valence-corrected chi connectivity index (χ0v) is 15.5. The lowest BCUT2D eigenvalue weighted by Crippen LogP contribution is -2.54. The fraction of sp³-hybridized carbons (Fsp3) is 0.318. The molecule has 1 aromatic heterocycles. The van der Waals surface area contributed by atoms with Crippen LogP contribution in [0, 0.1) is 11.7 Å². The van der Waals surface area contributed by atoms with Gasteiger partial charge >= 0.3 is 0 Å². The van der Waals surface area contributed by atoms with Crippen molar-refractivity contribution < 1.29 is 13.9 Å². The lowest BCUT2D eigenvalue weighted by atomic mass is 9.75. The molecule has 1 amide bonds. The first-order valence-corrected chi connectivity index (χ1v) is 9.57. The summed E-state index contributed by atoms with van der Waals surface area (Å²) >= 11 is 0. The second-order valence-electron chi connectivity index (χ2n) is 7.75. The van der Waals surface area contributed by atoms with Crippen LogP contribution < -0.4 is 5.73 Å². The Morgan fingerprint density at radius 3 is 3.00 bits per heavy atom. The van der Waals surface area contributed by atoms with E-state index in [1.807, 2.05) is 36.5 Å². The maximum absolute atomic E-state index is 14.3. The third kappa shape index (κ3) is 2.56. The second-order valence-corrected chi connectivity index (χ2v) is 7.75. The first kappa shape index (κ1) is 17.4. The van der Waals surface area contributed by atoms with Crippen LogP contribution in [0.25, 0.3) is 10.9 Å². The van der Waals surface area contributed by atoms with Gasteiger partial charge in [-0.05, 0) is 35.2 Å². The van der Waals surface area contributed by atoms with E-state index in [0.29, 0.717) is 31.5 Å². The minimum absolute atomic E-state index is 0.235. The summed E-state index contributed by atoms with van der Waals surface area (Å²) in [6.45, 7) is 2.31. The molecule has 1 saturated heterocycles. The third-order valence-electron chi connectivity index (χ3n) is 6.24. The molecule has 2 aliphatic heterocycles. The van der Waals surface area contributed by atoms with Crippen LogP contribution in [0.1, 0.15) is 23.1 Å². The molecule has 2 aliphatic rings. The van der Waals surface area contributed by atoms with E-state index in [2.05, 4.69) is 9.88 Å². The number of rotatable bonds is 3. The Kier molecular flexibility index (Phi) is 4.00. The van der Waals surface area contributed by atoms with E-state index >= 15 is 0 Å². The largest absolute Gasteiger partial charge is 0.369 e. The summed E-state index contributed by atoms with van der Waals surface area (Å²) in [6, 6.07) is 13.1. The molecule has 1 fully saturated rings. The highest BCUT2D eigenvalue weighted by atomic mass is 19.1. The summed E-state index contributed by atoms with van der Waals surface area (Å²) in [5.74, 6) is -1.03. The number of likely N-dealkylation sites (tertiary alicyclic amines) is 1. The van der Waals surface area contributed by atoms with Crippen LogP contribution in [-0.4, -0.2) is 28.9 Å². The van der Waals surface area contributed by atoms with Crippen LogP contribution in [0.5, 0.6) is 0 Å². The quantitative estimate of drug-likeness (QED) is 0.735. The summed E-state index contributed by atoms with van der Waals surface area (Å²) in [7, 11) is 0. The van der Waals surface area contributed by atoms with Gasteiger partial charge in [-0.25, -0.2) is 4.39 Å². The molecule has 0 bridgehead atoms. The molecule has 1 spiro atoms. The molecule has 0 saturated carbocycles. The van der Waals surface area contributed by atoms with Crippen LogP contribution >= 0.6 is 0 Å². The van der Waals surface area contributed by atoms with Gasteiger partial charge in [0, 0.05) is 36.7 Å². The van der Waals surface area contributed by atoms with Crippen molar-refractivity contribution in [2.24, 2.45) is 11.7 Å². The number of nitrogens with zero attached hydrogens (tertiary/aromatic N) is 1. The molecule has 2 atom stereocenters. The van der Waals surface area contributed by atoms with Gasteiger partial charge in [0.2, 0.25) is 5.91 Å². The predicted molar refractivity (Wildman–Crippen MR) is 104 cm³/mol. The molecule has 2 aromatic carbocycles. The molecule has 5 rings (SSSR count). The Labute approximate surface area is 162 Å². The van der Waals surface area contributed by atoms with Crippen LogP contribution in [0.15, 0.2) is 48.7 Å². The van der Waals surface area contributed by atoms with Crippen molar-refractivity contribution in [2.75, 3.05) is 13.1 Å². The molecule has 28 heavy (non-hydrogen) atoms. The third-order valence-corrected chi connectivity index (χ3v) is 6.24. The number of hydrogen-bond donors (Lipinski definition) is 2. The number of amides is 1. The number of piperidine rings is 1. The molecular weight excluding hydrogens is 357 g/mol. The van der Waals surface area contributed by atoms with Gasteiger partial charge in [0.25, 0.3) is 0 Å². The number of nitrogens with two attached hydrogens (primary N) is 1. The van der Waals surface area contributed by atoms with Crippen LogP contribution in [-0.2, 0) is 28.3 Å². The fourth-order valence-corrected chi connectivity index (χ4v) is 4.87. The minimum atomic E-state index is -0.648. The van der Waals surface area contributed by atoms with Crippen molar-refractivity contribution in [1.29, 1.82) is 0 Å². The summed E-state index contributed by atoms with van der Waals surface area (Å²) < 4.78 is 20.5. The number of benzene rings is 2. The summed E-state index contributed by atoms with van der Waals surface area (Å²) in [6.07, 6.45) is 2.53. The lowest BCUT2D eigenvalue weighted by molar-refractivity contribution is -0.151. The monoisotopic (exact) mass is 379 g/mol. The van der Waals surface area contributed by atoms with Gasteiger partial charge in [-0.3, -0.25) is 9.69 Å². The van der Waals surface area contributed by atoms with Crippen molar-refractivity contribution in [3.05, 3.63) is 71.2 Å². The van der Waals surface area contributed by atoms with Crippen molar-refractivity contribution in [3.63, 3.8) is 0 Å². The average Bonchev–Trinajstić information content (AvgIpc) is 3.27. The van der Waals surface area contributed by atoms with Gasteiger partial charge in [0.05, 0.1) is 12.5 Å². The summed E-state index contributed by atoms with van der Waals surface area (Å²) in [5.41, 5.74) is 9.04. The Morgan fingerprint density at radius 1 is 1.29 bits per heavy atom. The molecule has 0 aliphatic carbocycles. The van der Waals surface area contributed by atoms with Gasteiger partial charge < -0.3 is 15.5 Å². The second kappa shape index (κ2) is 6.43. The number of aromatic amines is 1. The topological polar surface area (TPSA) is 71.4 Å². The van der Waals surface area contributed by atoms with Crippen molar-refractivity contribution in [2.45, 2.75) is 25.2 Å². The number of fused-ring (bicyclic) bond motifs is 3. The molecule has 6 heteroatoms. The first-order valence-electron chi connectivity index (χ1n) is 9.57. The average molecular weight is 379 g/mol. The molecule has 0 radical (unpaired) electrons. The number of aromatic nitrogens is 1. The Balaban J connectivity index is 1.44. The molecular formula is C22H22FN3O2. The van der Waals surface area contributed by atoms with E-state index in [-0.39, 0.29) is 11.7 Å². The molecule has 144 valence electrons. The molecule has 3 N–H and O–H groups in total. The SMILES string of the molecule is NC(=O)[C@@H]1CN(Cc2c[nH]c3cccc(F)c23)CCC12OCc1ccccc12. The van der Waals surface area contributed by atoms with E-state index in [1.165, 1.54) is 6.07 Å². The van der Waals surface area contributed by atoms with E-state index in [9.17, 15) is 9.18 Å². The molecule has 5 nitrogen and oxygen atoms in total. The highest BCUT2D eigenvalue weighted by molar-refractivity contribution is 5.83. The summed E-state index contributed by atoms with van der Waals surface area (Å²) in [5, 5.41) is 0.612. The highest BCUT2D eigenvalue weighted by Crippen LogP contribution is 2.47. The number of carbonyl (C=O) groups is 1. The first-order chi connectivity index (χ1) is 13.6. The van der Waals surface area contributed by atoms with Crippen LogP contribution in [0.2, 0.25) is 0 Å². The number of primary amides is 1. The highest BCUT2D eigenvalue weighted by Gasteiger charge is 2.51. The van der Waals surface area contributed by atoms with Gasteiger partial charge in [-0.2, -0.15) is 0 Å².